The van der Waals surface area contributed by atoms with Crippen molar-refractivity contribution in [3.05, 3.63) is 177 Å². The summed E-state index contributed by atoms with van der Waals surface area (Å²) in [5.41, 5.74) is 8.45. The lowest BCUT2D eigenvalue weighted by Gasteiger charge is -2.37. The van der Waals surface area contributed by atoms with E-state index in [1.807, 2.05) is 93.6 Å². The van der Waals surface area contributed by atoms with Crippen molar-refractivity contribution < 1.29 is 80.0 Å². The largest absolute Gasteiger partial charge is 0.487 e. The fraction of sp³-hybridized carbons (Fsp3) is 0.533. The number of ether oxygens (including phenoxy) is 6. The number of esters is 2. The van der Waals surface area contributed by atoms with E-state index >= 15 is 14.4 Å². The summed E-state index contributed by atoms with van der Waals surface area (Å²) in [6.07, 6.45) is 9.05. The minimum atomic E-state index is -4.38. The lowest BCUT2D eigenvalue weighted by Crippen LogP contribution is -2.58. The highest BCUT2D eigenvalue weighted by Crippen LogP contribution is 2.46. The molecule has 1 fully saturated rings. The number of sulfonamides is 1. The van der Waals surface area contributed by atoms with E-state index < -0.39 is 116 Å². The fourth-order valence-electron chi connectivity index (χ4n) is 14.6. The van der Waals surface area contributed by atoms with Crippen molar-refractivity contribution in [1.82, 2.24) is 41.9 Å². The van der Waals surface area contributed by atoms with E-state index in [1.54, 1.807) is 79.7 Å². The number of nitrogens with zero attached hydrogens (tertiary/aromatic N) is 1. The van der Waals surface area contributed by atoms with Gasteiger partial charge in [-0.3, -0.25) is 29.0 Å². The van der Waals surface area contributed by atoms with Gasteiger partial charge in [-0.1, -0.05) is 166 Å². The Morgan fingerprint density at radius 3 is 1.62 bits per heavy atom. The van der Waals surface area contributed by atoms with Crippen molar-refractivity contribution in [3.8, 4) is 5.75 Å². The van der Waals surface area contributed by atoms with Crippen LogP contribution in [0, 0.1) is 20.8 Å². The van der Waals surface area contributed by atoms with Crippen molar-refractivity contribution >= 4 is 81.4 Å². The summed E-state index contributed by atoms with van der Waals surface area (Å²) in [6.45, 7) is 23.0. The number of guanidine groups is 1. The molecule has 1 saturated carbocycles. The topological polar surface area (TPSA) is 378 Å². The van der Waals surface area contributed by atoms with Crippen LogP contribution in [-0.2, 0) is 81.1 Å². The Hall–Kier alpha value is -10.2. The Morgan fingerprint density at radius 1 is 0.580 bits per heavy atom. The van der Waals surface area contributed by atoms with Crippen molar-refractivity contribution in [3.63, 3.8) is 0 Å². The highest BCUT2D eigenvalue weighted by Gasteiger charge is 2.45. The van der Waals surface area contributed by atoms with Crippen LogP contribution >= 0.6 is 11.6 Å². The molecule has 119 heavy (non-hydrogen) atoms. The molecule has 0 aromatic heterocycles. The third kappa shape index (κ3) is 31.1. The van der Waals surface area contributed by atoms with Gasteiger partial charge in [0.2, 0.25) is 29.6 Å². The maximum atomic E-state index is 16.2. The van der Waals surface area contributed by atoms with Crippen molar-refractivity contribution in [1.29, 1.82) is 0 Å². The molecule has 1 aliphatic heterocycles. The molecule has 0 radical (unpaired) electrons. The monoisotopic (exact) mass is 1680 g/mol. The predicted molar refractivity (Wildman–Crippen MR) is 458 cm³/mol. The molecule has 1 unspecified atom stereocenters. The van der Waals surface area contributed by atoms with Gasteiger partial charge >= 0.3 is 30.2 Å². The predicted octanol–water partition coefficient (Wildman–Crippen LogP) is 14.0. The van der Waals surface area contributed by atoms with Gasteiger partial charge in [-0.05, 0) is 194 Å². The van der Waals surface area contributed by atoms with Gasteiger partial charge in [0, 0.05) is 71.9 Å². The Kier molecular flexibility index (Phi) is 37.4. The van der Waals surface area contributed by atoms with Gasteiger partial charge in [-0.25, -0.2) is 32.3 Å². The molecule has 7 amide bonds. The molecule has 2 aliphatic rings. The lowest BCUT2D eigenvalue weighted by atomic mass is 9.78. The zero-order chi connectivity index (χ0) is 86.9. The Bertz CT molecular complexity index is 4370. The van der Waals surface area contributed by atoms with Gasteiger partial charge in [-0.15, -0.1) is 0 Å². The number of halogens is 1. The zero-order valence-electron chi connectivity index (χ0n) is 71.1. The number of aliphatic imine (C=N–C) groups is 1. The summed E-state index contributed by atoms with van der Waals surface area (Å²) in [5.74, 6) is -4.17. The molecule has 29 heteroatoms. The smallest absolute Gasteiger partial charge is 0.408 e. The molecule has 5 aromatic rings. The average molecular weight is 1690 g/mol. The second-order valence-electron chi connectivity index (χ2n) is 33.1. The Labute approximate surface area is 707 Å². The molecule has 1 aliphatic carbocycles. The molecule has 7 rings (SSSR count). The van der Waals surface area contributed by atoms with E-state index in [9.17, 15) is 37.2 Å². The number of hydrogen-bond donors (Lipinski definition) is 9. The number of amides is 7. The molecule has 5 aromatic carbocycles. The average Bonchev–Trinajstić information content (AvgIpc) is 1.41. The van der Waals surface area contributed by atoms with Crippen molar-refractivity contribution in [2.24, 2.45) is 10.7 Å². The first-order chi connectivity index (χ1) is 56.5. The number of rotatable bonds is 41. The summed E-state index contributed by atoms with van der Waals surface area (Å²) in [7, 11) is -4.38. The van der Waals surface area contributed by atoms with E-state index in [4.69, 9.17) is 45.8 Å². The molecule has 650 valence electrons. The van der Waals surface area contributed by atoms with E-state index in [1.165, 1.54) is 18.9 Å². The van der Waals surface area contributed by atoms with E-state index in [0.717, 1.165) is 60.8 Å². The number of carbonyl (C=O) groups is 9. The van der Waals surface area contributed by atoms with Crippen LogP contribution in [0.4, 0.5) is 14.4 Å². The number of fused-ring (bicyclic) bond motifs is 1. The molecule has 5 atom stereocenters. The van der Waals surface area contributed by atoms with E-state index in [2.05, 4.69) is 65.6 Å². The summed E-state index contributed by atoms with van der Waals surface area (Å²) in [5, 5.41) is 19.7. The number of nitrogens with one attached hydrogen (secondary N) is 8. The molecule has 0 saturated heterocycles. The first kappa shape index (κ1) is 95.9. The van der Waals surface area contributed by atoms with Crippen LogP contribution in [0.25, 0.3) is 0 Å². The molecular formula is C90H125ClN10O17S. The highest BCUT2D eigenvalue weighted by molar-refractivity contribution is 7.90. The van der Waals surface area contributed by atoms with E-state index in [-0.39, 0.29) is 132 Å². The van der Waals surface area contributed by atoms with Crippen LogP contribution in [0.2, 0.25) is 5.02 Å². The van der Waals surface area contributed by atoms with Crippen LogP contribution in [0.3, 0.4) is 0 Å². The number of hydrogen-bond acceptors (Lipinski definition) is 18. The molecular weight excluding hydrogens is 1560 g/mol. The third-order valence-electron chi connectivity index (χ3n) is 20.6. The molecule has 10 N–H and O–H groups in total. The normalized spacial score (nSPS) is 15.2. The van der Waals surface area contributed by atoms with Crippen molar-refractivity contribution in [2.45, 2.75) is 281 Å². The van der Waals surface area contributed by atoms with Crippen LogP contribution < -0.4 is 52.4 Å². The molecule has 1 heterocycles. The quantitative estimate of drug-likeness (QED) is 0.00334. The molecule has 0 bridgehead atoms. The molecule has 27 nitrogen and oxygen atoms in total. The fourth-order valence-corrected chi connectivity index (χ4v) is 16.4. The van der Waals surface area contributed by atoms with Gasteiger partial charge in [-0.2, -0.15) is 0 Å². The van der Waals surface area contributed by atoms with Gasteiger partial charge in [0.15, 0.2) is 5.60 Å². The maximum Gasteiger partial charge on any atom is 0.408 e. The second kappa shape index (κ2) is 46.4. The standard InChI is InChI=1S/C90H125ClN10O17S/c1-13-57-113-86(110)100-73(45-28-31-53-93-75(102)51-52-76(103)114-59-63-35-20-18-21-36-63)81(106)98-71(43-29-32-54-95-84(108)117-87(5,6)7)79(104)97-72(44-30-33-55-96-85(109)118-88(8,9)10)80(105)99-74(46-34-56-94-83(92)101-119(111,112)78-61(3)60(2)68-58-89(11,12)115-77(68)62(78)4)82(107)116-90(66-39-24-19-25-40-66,69-41-26-27-42-70(69)91)67-49-47-65(48-50-67)64-37-22-16-14-15-17-23-38-64/h13,18-21,24-27,35-36,39-42,47-50,64,71-74H,1,14-17,22-23,28-34,37-38,43-46,51-59H2,2-12H3,(H,93,102)(H,95,108)(H,96,109)(H,97,104)(H,98,106)(H,99,105)(H,100,110)(H3,92,94,101)/t71-,72-,73-,74-,90?/m0/s1. The second-order valence-corrected chi connectivity index (χ2v) is 35.2. The number of carbonyl (C=O) groups excluding carboxylic acids is 9. The maximum absolute atomic E-state index is 16.2. The van der Waals surface area contributed by atoms with Gasteiger partial charge in [0.05, 0.1) is 11.3 Å². The third-order valence-corrected chi connectivity index (χ3v) is 22.5. The summed E-state index contributed by atoms with van der Waals surface area (Å²) in [6, 6.07) is 27.4. The minimum Gasteiger partial charge on any atom is -0.487 e. The van der Waals surface area contributed by atoms with Gasteiger partial charge < -0.3 is 71.4 Å². The van der Waals surface area contributed by atoms with Crippen LogP contribution in [0.5, 0.6) is 5.75 Å². The SMILES string of the molecule is C=CCOC(=O)N[C@@H](CCCCNC(=O)CCC(=O)OCc1ccccc1)C(=O)N[C@@H](CCCCNC(=O)OC(C)(C)C)C(=O)N[C@@H](CCCCNC(=O)OC(C)(C)C)C(=O)N[C@@H](CCCN=C(N)NS(=O)(=O)c1c(C)c(C)c2c(c1C)OC(C)(C)C2)C(=O)OC(c1ccccc1)(c1ccc(C2CCCCCCCC2)cc1)c1ccccc1Cl. The Morgan fingerprint density at radius 2 is 1.08 bits per heavy atom. The van der Waals surface area contributed by atoms with Crippen LogP contribution in [0.15, 0.2) is 132 Å². The summed E-state index contributed by atoms with van der Waals surface area (Å²) in [4.78, 5) is 131. The first-order valence-electron chi connectivity index (χ1n) is 41.6. The van der Waals surface area contributed by atoms with Crippen LogP contribution in [-0.4, -0.2) is 142 Å². The number of alkyl carbamates (subject to hydrolysis) is 3. The van der Waals surface area contributed by atoms with Crippen molar-refractivity contribution in [2.75, 3.05) is 32.8 Å². The highest BCUT2D eigenvalue weighted by atomic mass is 35.5. The van der Waals surface area contributed by atoms with Crippen LogP contribution in [0.1, 0.15) is 246 Å². The van der Waals surface area contributed by atoms with Gasteiger partial charge in [0.1, 0.15) is 59.9 Å². The number of unbranched alkanes of at least 4 members (excludes halogenated alkanes) is 3. The number of benzene rings is 5. The number of nitrogens with two attached hydrogens (primary N) is 1. The minimum absolute atomic E-state index is 0.00772. The summed E-state index contributed by atoms with van der Waals surface area (Å²) < 4.78 is 66.2. The van der Waals surface area contributed by atoms with E-state index in [0.29, 0.717) is 46.4 Å². The zero-order valence-corrected chi connectivity index (χ0v) is 72.7. The summed E-state index contributed by atoms with van der Waals surface area (Å²) >= 11 is 7.30. The lowest BCUT2D eigenvalue weighted by molar-refractivity contribution is -0.157. The first-order valence-corrected chi connectivity index (χ1v) is 43.5. The molecule has 0 spiro atoms. The Balaban J connectivity index is 1.24. The van der Waals surface area contributed by atoms with Gasteiger partial charge in [0.25, 0.3) is 10.0 Å².